The van der Waals surface area contributed by atoms with E-state index < -0.39 is 0 Å². The molecular formula is C14H21N3O3S. The number of hydrogen-bond acceptors (Lipinski definition) is 5. The molecule has 0 spiro atoms. The topological polar surface area (TPSA) is 80.2 Å². The van der Waals surface area contributed by atoms with E-state index in [0.29, 0.717) is 16.8 Å². The van der Waals surface area contributed by atoms with Crippen molar-refractivity contribution in [2.24, 2.45) is 7.05 Å². The molecule has 7 heteroatoms. The second-order valence-corrected chi connectivity index (χ2v) is 4.68. The number of ether oxygens (including phenoxy) is 1. The van der Waals surface area contributed by atoms with E-state index in [0.717, 1.165) is 0 Å². The van der Waals surface area contributed by atoms with Crippen LogP contribution in [0.5, 0.6) is 5.75 Å². The molecule has 1 heterocycles. The number of nitrogens with zero attached hydrogens (tertiary/aromatic N) is 2. The van der Waals surface area contributed by atoms with E-state index in [1.54, 1.807) is 31.5 Å². The highest BCUT2D eigenvalue weighted by atomic mass is 32.2. The second kappa shape index (κ2) is 7.90. The fourth-order valence-corrected chi connectivity index (χ4v) is 2.30. The molecule has 0 aliphatic rings. The molecule has 116 valence electrons. The van der Waals surface area contributed by atoms with Gasteiger partial charge in [-0.15, -0.1) is 0 Å². The number of nitrogens with one attached hydrogen (secondary N) is 1. The smallest absolute Gasteiger partial charge is 0.335 e. The number of aliphatic hydroxyl groups is 1. The lowest BCUT2D eigenvalue weighted by Gasteiger charge is -2.07. The maximum Gasteiger partial charge on any atom is 0.335 e. The van der Waals surface area contributed by atoms with Gasteiger partial charge < -0.3 is 9.84 Å². The predicted octanol–water partition coefficient (Wildman–Crippen LogP) is 1.88. The van der Waals surface area contributed by atoms with Crippen molar-refractivity contribution in [1.29, 1.82) is 5.41 Å². The van der Waals surface area contributed by atoms with Crippen molar-refractivity contribution in [3.05, 3.63) is 28.7 Å². The van der Waals surface area contributed by atoms with Crippen LogP contribution in [-0.2, 0) is 7.05 Å². The molecule has 0 aliphatic carbocycles. The van der Waals surface area contributed by atoms with E-state index in [4.69, 9.17) is 15.3 Å². The van der Waals surface area contributed by atoms with Gasteiger partial charge in [-0.2, -0.15) is 0 Å². The minimum atomic E-state index is -0.283. The van der Waals surface area contributed by atoms with Crippen LogP contribution in [0.3, 0.4) is 0 Å². The first-order valence-electron chi connectivity index (χ1n) is 6.68. The summed E-state index contributed by atoms with van der Waals surface area (Å²) in [4.78, 5) is 12.2. The fraction of sp³-hybridized carbons (Fsp3) is 0.429. The minimum Gasteiger partial charge on any atom is -0.489 e. The van der Waals surface area contributed by atoms with Crippen LogP contribution in [0.2, 0.25) is 0 Å². The van der Waals surface area contributed by atoms with Gasteiger partial charge in [0.25, 0.3) is 0 Å². The van der Waals surface area contributed by atoms with Crippen molar-refractivity contribution in [2.75, 3.05) is 19.5 Å². The minimum absolute atomic E-state index is 0.0916. The summed E-state index contributed by atoms with van der Waals surface area (Å²) in [6, 6.07) is 5.27. The average Bonchev–Trinajstić information content (AvgIpc) is 2.78. The number of para-hydroxylation sites is 1. The normalized spacial score (nSPS) is 10.1. The Labute approximate surface area is 127 Å². The molecule has 0 radical (unpaired) electrons. The maximum atomic E-state index is 12.2. The molecular weight excluding hydrogens is 290 g/mol. The summed E-state index contributed by atoms with van der Waals surface area (Å²) in [6.07, 6.45) is 1.75. The second-order valence-electron chi connectivity index (χ2n) is 3.88. The van der Waals surface area contributed by atoms with Gasteiger partial charge in [0.05, 0.1) is 12.1 Å². The number of rotatable bonds is 3. The molecule has 2 N–H and O–H groups in total. The van der Waals surface area contributed by atoms with Crippen LogP contribution >= 0.6 is 11.8 Å². The highest BCUT2D eigenvalue weighted by molar-refractivity contribution is 8.13. The van der Waals surface area contributed by atoms with Crippen LogP contribution in [0.25, 0.3) is 11.0 Å². The van der Waals surface area contributed by atoms with Crippen LogP contribution in [0.4, 0.5) is 0 Å². The zero-order valence-electron chi connectivity index (χ0n) is 12.7. The number of benzene rings is 1. The molecule has 6 nitrogen and oxygen atoms in total. The quantitative estimate of drug-likeness (QED) is 0.670. The Bertz CT molecular complexity index is 676. The van der Waals surface area contributed by atoms with E-state index in [1.165, 1.54) is 20.9 Å². The first-order valence-corrected chi connectivity index (χ1v) is 7.91. The third kappa shape index (κ3) is 3.30. The van der Waals surface area contributed by atoms with Crippen LogP contribution in [0, 0.1) is 5.41 Å². The number of fused-ring (bicyclic) bond motifs is 1. The summed E-state index contributed by atoms with van der Waals surface area (Å²) in [5, 5.41) is 16.8. The Balaban J connectivity index is 0.00000106. The van der Waals surface area contributed by atoms with Crippen molar-refractivity contribution in [3.8, 4) is 5.75 Å². The van der Waals surface area contributed by atoms with E-state index in [1.807, 2.05) is 13.8 Å². The summed E-state index contributed by atoms with van der Waals surface area (Å²) >= 11 is 1.20. The van der Waals surface area contributed by atoms with Crippen LogP contribution in [0.1, 0.15) is 13.8 Å². The molecule has 0 bridgehead atoms. The largest absolute Gasteiger partial charge is 0.489 e. The monoisotopic (exact) mass is 311 g/mol. The van der Waals surface area contributed by atoms with Crippen LogP contribution < -0.4 is 10.4 Å². The van der Waals surface area contributed by atoms with Gasteiger partial charge in [0.2, 0.25) is 0 Å². The number of thioether (sulfide) groups is 1. The standard InChI is InChI=1S/C12H15N3O3S.C2H6/c1-14-10-8(15(12(14)17)11(13)19-2)4-3-5-9(10)18-7-6-16;1-2/h3-5,13,16H,6-7H2,1-2H3;1-2H3. The average molecular weight is 311 g/mol. The lowest BCUT2D eigenvalue weighted by Crippen LogP contribution is -2.25. The summed E-state index contributed by atoms with van der Waals surface area (Å²) in [7, 11) is 1.64. The molecule has 0 fully saturated rings. The van der Waals surface area contributed by atoms with Gasteiger partial charge in [-0.05, 0) is 18.4 Å². The van der Waals surface area contributed by atoms with Crippen molar-refractivity contribution in [3.63, 3.8) is 0 Å². The van der Waals surface area contributed by atoms with E-state index in [-0.39, 0.29) is 24.1 Å². The lowest BCUT2D eigenvalue weighted by atomic mass is 10.3. The van der Waals surface area contributed by atoms with Gasteiger partial charge in [0.1, 0.15) is 17.9 Å². The molecule has 0 unspecified atom stereocenters. The Hall–Kier alpha value is -1.73. The maximum absolute atomic E-state index is 12.2. The van der Waals surface area contributed by atoms with Gasteiger partial charge in [-0.3, -0.25) is 9.98 Å². The number of aliphatic hydroxyl groups excluding tert-OH is 1. The zero-order valence-corrected chi connectivity index (χ0v) is 13.5. The predicted molar refractivity (Wildman–Crippen MR) is 87.7 cm³/mol. The van der Waals surface area contributed by atoms with Gasteiger partial charge in [-0.1, -0.05) is 31.7 Å². The van der Waals surface area contributed by atoms with E-state index in [2.05, 4.69) is 0 Å². The molecule has 0 amide bonds. The van der Waals surface area contributed by atoms with Crippen molar-refractivity contribution >= 4 is 28.0 Å². The van der Waals surface area contributed by atoms with E-state index >= 15 is 0 Å². The molecule has 1 aromatic heterocycles. The summed E-state index contributed by atoms with van der Waals surface area (Å²) in [5.41, 5.74) is 0.969. The van der Waals surface area contributed by atoms with Gasteiger partial charge in [-0.25, -0.2) is 9.36 Å². The van der Waals surface area contributed by atoms with Crippen molar-refractivity contribution in [2.45, 2.75) is 13.8 Å². The number of aryl methyl sites for hydroxylation is 1. The Morgan fingerprint density at radius 1 is 1.43 bits per heavy atom. The van der Waals surface area contributed by atoms with Gasteiger partial charge >= 0.3 is 5.69 Å². The molecule has 0 saturated heterocycles. The van der Waals surface area contributed by atoms with E-state index in [9.17, 15) is 4.79 Å². The molecule has 21 heavy (non-hydrogen) atoms. The Morgan fingerprint density at radius 2 is 2.10 bits per heavy atom. The number of hydrogen-bond donors (Lipinski definition) is 2. The fourth-order valence-electron chi connectivity index (χ4n) is 1.94. The molecule has 2 aromatic rings. The summed E-state index contributed by atoms with van der Waals surface area (Å²) < 4.78 is 8.22. The highest BCUT2D eigenvalue weighted by Gasteiger charge is 2.16. The Kier molecular flexibility index (Phi) is 6.51. The van der Waals surface area contributed by atoms with Crippen LogP contribution in [-0.4, -0.2) is 38.9 Å². The first kappa shape index (κ1) is 17.3. The van der Waals surface area contributed by atoms with Crippen molar-refractivity contribution < 1.29 is 9.84 Å². The number of aromatic nitrogens is 2. The zero-order chi connectivity index (χ0) is 16.0. The molecule has 1 aromatic carbocycles. The van der Waals surface area contributed by atoms with Gasteiger partial charge in [0.15, 0.2) is 5.17 Å². The molecule has 0 atom stereocenters. The SMILES string of the molecule is CC.CSC(=N)n1c(=O)n(C)c2c(OCCO)cccc21. The summed E-state index contributed by atoms with van der Waals surface area (Å²) in [5.74, 6) is 0.527. The lowest BCUT2D eigenvalue weighted by molar-refractivity contribution is 0.202. The summed E-state index contributed by atoms with van der Waals surface area (Å²) in [6.45, 7) is 4.07. The Morgan fingerprint density at radius 3 is 2.67 bits per heavy atom. The molecule has 0 aliphatic heterocycles. The molecule has 0 saturated carbocycles. The van der Waals surface area contributed by atoms with Gasteiger partial charge in [0, 0.05) is 7.05 Å². The molecule has 2 rings (SSSR count). The third-order valence-electron chi connectivity index (χ3n) is 2.78. The third-order valence-corrected chi connectivity index (χ3v) is 3.35. The van der Waals surface area contributed by atoms with Crippen molar-refractivity contribution in [1.82, 2.24) is 9.13 Å². The highest BCUT2D eigenvalue weighted by Crippen LogP contribution is 2.25. The first-order chi connectivity index (χ1) is 10.1. The van der Waals surface area contributed by atoms with Crippen LogP contribution in [0.15, 0.2) is 23.0 Å². The number of imidazole rings is 1.